The number of methoxy groups -OCH3 is 1. The Morgan fingerprint density at radius 1 is 1.21 bits per heavy atom. The number of hydrogen-bond acceptors (Lipinski definition) is 3. The second-order valence-electron chi connectivity index (χ2n) is 7.03. The number of nitrogens with zero attached hydrogens (tertiary/aromatic N) is 1. The molecule has 2 heterocycles. The Hall–Kier alpha value is -3.15. The third kappa shape index (κ3) is 3.50. The summed E-state index contributed by atoms with van der Waals surface area (Å²) in [5.74, 6) is -0.614. The van der Waals surface area contributed by atoms with E-state index in [9.17, 15) is 14.0 Å². The van der Waals surface area contributed by atoms with Crippen LogP contribution in [0.5, 0.6) is 0 Å². The van der Waals surface area contributed by atoms with Gasteiger partial charge in [0.2, 0.25) is 5.91 Å². The van der Waals surface area contributed by atoms with Gasteiger partial charge in [0.15, 0.2) is 0 Å². The molecule has 28 heavy (non-hydrogen) atoms. The molecule has 0 spiro atoms. The first-order valence-corrected chi connectivity index (χ1v) is 9.29. The molecule has 5 nitrogen and oxygen atoms in total. The molecule has 1 aliphatic heterocycles. The Morgan fingerprint density at radius 3 is 2.86 bits per heavy atom. The van der Waals surface area contributed by atoms with E-state index in [0.717, 1.165) is 34.1 Å². The molecule has 2 aromatic carbocycles. The second-order valence-corrected chi connectivity index (χ2v) is 7.03. The Balaban J connectivity index is 1.51. The summed E-state index contributed by atoms with van der Waals surface area (Å²) in [6, 6.07) is 11.8. The minimum absolute atomic E-state index is 0.0494. The van der Waals surface area contributed by atoms with Crippen LogP contribution in [0.25, 0.3) is 10.9 Å². The number of halogens is 1. The minimum atomic E-state index is -0.379. The first kappa shape index (κ1) is 18.2. The highest BCUT2D eigenvalue weighted by atomic mass is 19.1. The van der Waals surface area contributed by atoms with E-state index in [-0.39, 0.29) is 17.7 Å². The number of aromatic amines is 1. The molecule has 144 valence electrons. The smallest absolute Gasteiger partial charge is 0.337 e. The molecule has 0 unspecified atom stereocenters. The second kappa shape index (κ2) is 7.46. The van der Waals surface area contributed by atoms with Gasteiger partial charge in [0, 0.05) is 48.1 Å². The largest absolute Gasteiger partial charge is 0.465 e. The summed E-state index contributed by atoms with van der Waals surface area (Å²) in [6.45, 7) is 1.15. The zero-order valence-electron chi connectivity index (χ0n) is 15.6. The van der Waals surface area contributed by atoms with Crippen molar-refractivity contribution in [3.63, 3.8) is 0 Å². The normalized spacial score (nSPS) is 13.4. The Bertz CT molecular complexity index is 1060. The fraction of sp³-hybridized carbons (Fsp3) is 0.273. The topological polar surface area (TPSA) is 62.4 Å². The van der Waals surface area contributed by atoms with E-state index in [1.54, 1.807) is 12.1 Å². The average molecular weight is 380 g/mol. The van der Waals surface area contributed by atoms with Crippen molar-refractivity contribution in [2.24, 2.45) is 0 Å². The Kier molecular flexibility index (Phi) is 4.86. The maximum absolute atomic E-state index is 13.3. The molecule has 0 bridgehead atoms. The van der Waals surface area contributed by atoms with Crippen molar-refractivity contribution >= 4 is 22.8 Å². The lowest BCUT2D eigenvalue weighted by molar-refractivity contribution is -0.132. The Labute approximate surface area is 162 Å². The van der Waals surface area contributed by atoms with Crippen LogP contribution in [0.2, 0.25) is 0 Å². The molecule has 1 N–H and O–H groups in total. The summed E-state index contributed by atoms with van der Waals surface area (Å²) in [7, 11) is 1.36. The van der Waals surface area contributed by atoms with Crippen LogP contribution in [0, 0.1) is 5.82 Å². The molecular formula is C22H21FN2O3. The number of carbonyl (C=O) groups is 2. The van der Waals surface area contributed by atoms with Gasteiger partial charge in [-0.2, -0.15) is 0 Å². The number of aromatic nitrogens is 1. The van der Waals surface area contributed by atoms with Gasteiger partial charge in [0.05, 0.1) is 12.7 Å². The highest BCUT2D eigenvalue weighted by Crippen LogP contribution is 2.29. The van der Waals surface area contributed by atoms with Gasteiger partial charge in [-0.05, 0) is 42.3 Å². The molecule has 0 fully saturated rings. The summed E-state index contributed by atoms with van der Waals surface area (Å²) in [4.78, 5) is 29.8. The van der Waals surface area contributed by atoms with Gasteiger partial charge >= 0.3 is 5.97 Å². The summed E-state index contributed by atoms with van der Waals surface area (Å²) < 4.78 is 18.1. The summed E-state index contributed by atoms with van der Waals surface area (Å²) >= 11 is 0. The van der Waals surface area contributed by atoms with Crippen LogP contribution in [-0.2, 0) is 28.9 Å². The number of aryl methyl sites for hydroxylation is 1. The molecule has 0 saturated carbocycles. The van der Waals surface area contributed by atoms with E-state index in [1.807, 2.05) is 23.1 Å². The number of ether oxygens (including phenoxy) is 1. The van der Waals surface area contributed by atoms with Gasteiger partial charge in [-0.15, -0.1) is 0 Å². The molecule has 0 aliphatic carbocycles. The standard InChI is InChI=1S/C22H21FN2O3/c1-28-22(27)15-6-7-19-17(12-15)18-13-25(10-9-20(18)24-19)21(26)8-5-14-3-2-4-16(23)11-14/h2-4,6-7,11-12,24H,5,8-10,13H2,1H3. The molecule has 1 aliphatic rings. The number of amides is 1. The molecular weight excluding hydrogens is 359 g/mol. The highest BCUT2D eigenvalue weighted by Gasteiger charge is 2.24. The fourth-order valence-electron chi connectivity index (χ4n) is 3.77. The van der Waals surface area contributed by atoms with Gasteiger partial charge in [0.1, 0.15) is 5.82 Å². The van der Waals surface area contributed by atoms with Gasteiger partial charge in [-0.3, -0.25) is 4.79 Å². The van der Waals surface area contributed by atoms with Gasteiger partial charge < -0.3 is 14.6 Å². The predicted molar refractivity (Wildman–Crippen MR) is 103 cm³/mol. The zero-order valence-corrected chi connectivity index (χ0v) is 15.6. The molecule has 0 atom stereocenters. The highest BCUT2D eigenvalue weighted by molar-refractivity contribution is 5.96. The number of carbonyl (C=O) groups excluding carboxylic acids is 2. The lowest BCUT2D eigenvalue weighted by atomic mass is 10.0. The molecule has 1 amide bonds. The van der Waals surface area contributed by atoms with E-state index in [4.69, 9.17) is 4.74 Å². The number of H-pyrrole nitrogens is 1. The maximum Gasteiger partial charge on any atom is 0.337 e. The third-order valence-corrected chi connectivity index (χ3v) is 5.27. The Morgan fingerprint density at radius 2 is 2.07 bits per heavy atom. The van der Waals surface area contributed by atoms with Crippen molar-refractivity contribution in [1.29, 1.82) is 0 Å². The summed E-state index contributed by atoms with van der Waals surface area (Å²) in [5.41, 5.74) is 4.41. The van der Waals surface area contributed by atoms with Crippen LogP contribution in [0.15, 0.2) is 42.5 Å². The zero-order chi connectivity index (χ0) is 19.7. The van der Waals surface area contributed by atoms with E-state index in [2.05, 4.69) is 4.98 Å². The van der Waals surface area contributed by atoms with Crippen LogP contribution >= 0.6 is 0 Å². The number of nitrogens with one attached hydrogen (secondary N) is 1. The van der Waals surface area contributed by atoms with Gasteiger partial charge in [0.25, 0.3) is 0 Å². The first-order valence-electron chi connectivity index (χ1n) is 9.29. The molecule has 0 radical (unpaired) electrons. The number of rotatable bonds is 4. The molecule has 0 saturated heterocycles. The van der Waals surface area contributed by atoms with Gasteiger partial charge in [-0.1, -0.05) is 12.1 Å². The van der Waals surface area contributed by atoms with Crippen molar-refractivity contribution in [2.75, 3.05) is 13.7 Å². The van der Waals surface area contributed by atoms with Crippen LogP contribution < -0.4 is 0 Å². The van der Waals surface area contributed by atoms with Crippen molar-refractivity contribution in [2.45, 2.75) is 25.8 Å². The minimum Gasteiger partial charge on any atom is -0.465 e. The summed E-state index contributed by atoms with van der Waals surface area (Å²) in [6.07, 6.45) is 1.60. The van der Waals surface area contributed by atoms with E-state index < -0.39 is 0 Å². The lowest BCUT2D eigenvalue weighted by Crippen LogP contribution is -2.35. The predicted octanol–water partition coefficient (Wildman–Crippen LogP) is 3.61. The van der Waals surface area contributed by atoms with Crippen LogP contribution in [-0.4, -0.2) is 35.4 Å². The molecule has 4 rings (SSSR count). The number of fused-ring (bicyclic) bond motifs is 3. The van der Waals surface area contributed by atoms with Gasteiger partial charge in [-0.25, -0.2) is 9.18 Å². The monoisotopic (exact) mass is 380 g/mol. The lowest BCUT2D eigenvalue weighted by Gasteiger charge is -2.27. The first-order chi connectivity index (χ1) is 13.5. The fourth-order valence-corrected chi connectivity index (χ4v) is 3.77. The quantitative estimate of drug-likeness (QED) is 0.704. The van der Waals surface area contributed by atoms with Crippen molar-refractivity contribution in [3.05, 3.63) is 70.7 Å². The average Bonchev–Trinajstić information content (AvgIpc) is 3.08. The van der Waals surface area contributed by atoms with Crippen LogP contribution in [0.3, 0.4) is 0 Å². The van der Waals surface area contributed by atoms with E-state index in [0.29, 0.717) is 31.5 Å². The number of benzene rings is 2. The SMILES string of the molecule is COC(=O)c1ccc2[nH]c3c(c2c1)CN(C(=O)CCc1cccc(F)c1)CC3. The van der Waals surface area contributed by atoms with Crippen molar-refractivity contribution < 1.29 is 18.7 Å². The number of esters is 1. The third-order valence-electron chi connectivity index (χ3n) is 5.27. The van der Waals surface area contributed by atoms with E-state index in [1.165, 1.54) is 19.2 Å². The van der Waals surface area contributed by atoms with E-state index >= 15 is 0 Å². The maximum atomic E-state index is 13.3. The molecule has 1 aromatic heterocycles. The van der Waals surface area contributed by atoms with Crippen LogP contribution in [0.1, 0.15) is 33.6 Å². The summed E-state index contributed by atoms with van der Waals surface area (Å²) in [5, 5.41) is 0.945. The number of hydrogen-bond donors (Lipinski definition) is 1. The molecule has 6 heteroatoms. The van der Waals surface area contributed by atoms with Crippen molar-refractivity contribution in [3.8, 4) is 0 Å². The van der Waals surface area contributed by atoms with Crippen molar-refractivity contribution in [1.82, 2.24) is 9.88 Å². The van der Waals surface area contributed by atoms with Crippen LogP contribution in [0.4, 0.5) is 4.39 Å². The molecule has 3 aromatic rings.